The highest BCUT2D eigenvalue weighted by Crippen LogP contribution is 1.97. The molecule has 4 nitrogen and oxygen atoms in total. The molecule has 0 unspecified atom stereocenters. The van der Waals surface area contributed by atoms with Gasteiger partial charge in [-0.25, -0.2) is 4.79 Å². The van der Waals surface area contributed by atoms with E-state index in [0.717, 1.165) is 0 Å². The zero-order valence-electron chi connectivity index (χ0n) is 7.46. The summed E-state index contributed by atoms with van der Waals surface area (Å²) in [6.45, 7) is 6.93. The summed E-state index contributed by atoms with van der Waals surface area (Å²) in [5.74, 6) is 0. The molecule has 12 heavy (non-hydrogen) atoms. The maximum absolute atomic E-state index is 10.8. The van der Waals surface area contributed by atoms with E-state index in [-0.39, 0.29) is 13.2 Å². The van der Waals surface area contributed by atoms with E-state index in [1.807, 2.05) is 0 Å². The standard InChI is InChI=1S/C8H15NO3/c1-4-5-12-7(10)9-6-8(2,3)11/h4,11H,1,5-6H2,2-3H3,(H,9,10). The molecule has 0 aromatic rings. The molecule has 70 valence electrons. The fourth-order valence-corrected chi connectivity index (χ4v) is 0.474. The number of hydrogen-bond donors (Lipinski definition) is 2. The van der Waals surface area contributed by atoms with Gasteiger partial charge in [0.2, 0.25) is 0 Å². The van der Waals surface area contributed by atoms with Crippen LogP contribution in [-0.2, 0) is 4.74 Å². The van der Waals surface area contributed by atoms with Crippen LogP contribution in [0.1, 0.15) is 13.8 Å². The summed E-state index contributed by atoms with van der Waals surface area (Å²) in [7, 11) is 0. The summed E-state index contributed by atoms with van der Waals surface area (Å²) < 4.78 is 4.61. The van der Waals surface area contributed by atoms with Crippen LogP contribution < -0.4 is 5.32 Å². The molecule has 4 heteroatoms. The molecule has 0 fully saturated rings. The van der Waals surface area contributed by atoms with E-state index in [0.29, 0.717) is 0 Å². The monoisotopic (exact) mass is 173 g/mol. The smallest absolute Gasteiger partial charge is 0.407 e. The van der Waals surface area contributed by atoms with Gasteiger partial charge in [-0.15, -0.1) is 0 Å². The second-order valence-electron chi connectivity index (χ2n) is 3.05. The van der Waals surface area contributed by atoms with E-state index in [9.17, 15) is 9.90 Å². The number of ether oxygens (including phenoxy) is 1. The van der Waals surface area contributed by atoms with Crippen molar-refractivity contribution in [3.8, 4) is 0 Å². The minimum Gasteiger partial charge on any atom is -0.445 e. The molecule has 0 saturated carbocycles. The maximum Gasteiger partial charge on any atom is 0.407 e. The summed E-state index contributed by atoms with van der Waals surface area (Å²) in [6, 6.07) is 0. The molecule has 0 rings (SSSR count). The van der Waals surface area contributed by atoms with Crippen molar-refractivity contribution in [2.45, 2.75) is 19.4 Å². The maximum atomic E-state index is 10.8. The van der Waals surface area contributed by atoms with Gasteiger partial charge in [0.05, 0.1) is 5.60 Å². The van der Waals surface area contributed by atoms with E-state index >= 15 is 0 Å². The van der Waals surface area contributed by atoms with Gasteiger partial charge in [-0.3, -0.25) is 0 Å². The quantitative estimate of drug-likeness (QED) is 0.614. The van der Waals surface area contributed by atoms with Crippen molar-refractivity contribution in [1.29, 1.82) is 0 Å². The highest BCUT2D eigenvalue weighted by atomic mass is 16.5. The number of rotatable bonds is 4. The largest absolute Gasteiger partial charge is 0.445 e. The predicted molar refractivity (Wildman–Crippen MR) is 45.8 cm³/mol. The molecule has 0 aromatic heterocycles. The van der Waals surface area contributed by atoms with Crippen molar-refractivity contribution in [2.24, 2.45) is 0 Å². The predicted octanol–water partition coefficient (Wildman–Crippen LogP) is 0.669. The van der Waals surface area contributed by atoms with Crippen LogP contribution >= 0.6 is 0 Å². The molecule has 0 spiro atoms. The molecule has 0 aromatic carbocycles. The van der Waals surface area contributed by atoms with Gasteiger partial charge in [-0.05, 0) is 13.8 Å². The van der Waals surface area contributed by atoms with Gasteiger partial charge < -0.3 is 15.2 Å². The second kappa shape index (κ2) is 4.77. The van der Waals surface area contributed by atoms with Crippen LogP contribution in [-0.4, -0.2) is 30.0 Å². The average molecular weight is 173 g/mol. The second-order valence-corrected chi connectivity index (χ2v) is 3.05. The lowest BCUT2D eigenvalue weighted by molar-refractivity contribution is 0.0754. The minimum atomic E-state index is -0.910. The van der Waals surface area contributed by atoms with Crippen LogP contribution in [0, 0.1) is 0 Å². The fourth-order valence-electron chi connectivity index (χ4n) is 0.474. The van der Waals surface area contributed by atoms with E-state index in [1.54, 1.807) is 13.8 Å². The number of nitrogens with one attached hydrogen (secondary N) is 1. The first-order valence-corrected chi connectivity index (χ1v) is 3.69. The molecule has 0 saturated heterocycles. The van der Waals surface area contributed by atoms with E-state index in [1.165, 1.54) is 6.08 Å². The van der Waals surface area contributed by atoms with Crippen LogP contribution in [0.4, 0.5) is 4.79 Å². The number of aliphatic hydroxyl groups is 1. The first-order valence-electron chi connectivity index (χ1n) is 3.69. The third-order valence-corrected chi connectivity index (χ3v) is 0.998. The van der Waals surface area contributed by atoms with Crippen LogP contribution in [0.15, 0.2) is 12.7 Å². The topological polar surface area (TPSA) is 58.6 Å². The fraction of sp³-hybridized carbons (Fsp3) is 0.625. The zero-order valence-corrected chi connectivity index (χ0v) is 7.46. The number of hydrogen-bond acceptors (Lipinski definition) is 3. The SMILES string of the molecule is C=CCOC(=O)NCC(C)(C)O. The summed E-state index contributed by atoms with van der Waals surface area (Å²) in [6.07, 6.45) is 0.931. The third-order valence-electron chi connectivity index (χ3n) is 0.998. The Kier molecular flexibility index (Phi) is 4.36. The Morgan fingerprint density at radius 3 is 2.75 bits per heavy atom. The summed E-state index contributed by atoms with van der Waals surface area (Å²) >= 11 is 0. The Balaban J connectivity index is 3.51. The van der Waals surface area contributed by atoms with Crippen molar-refractivity contribution in [2.75, 3.05) is 13.2 Å². The van der Waals surface area contributed by atoms with Crippen molar-refractivity contribution in [1.82, 2.24) is 5.32 Å². The molecular formula is C8H15NO3. The van der Waals surface area contributed by atoms with Gasteiger partial charge in [0.1, 0.15) is 6.61 Å². The van der Waals surface area contributed by atoms with Gasteiger partial charge in [0.15, 0.2) is 0 Å². The molecule has 2 N–H and O–H groups in total. The van der Waals surface area contributed by atoms with Crippen molar-refractivity contribution < 1.29 is 14.6 Å². The summed E-state index contributed by atoms with van der Waals surface area (Å²) in [5.41, 5.74) is -0.910. The Bertz CT molecular complexity index is 160. The summed E-state index contributed by atoms with van der Waals surface area (Å²) in [4.78, 5) is 10.8. The first-order chi connectivity index (χ1) is 5.45. The molecule has 0 bridgehead atoms. The third kappa shape index (κ3) is 7.08. The van der Waals surface area contributed by atoms with Crippen LogP contribution in [0.5, 0.6) is 0 Å². The lowest BCUT2D eigenvalue weighted by Gasteiger charge is -2.16. The van der Waals surface area contributed by atoms with E-state index in [4.69, 9.17) is 0 Å². The Hall–Kier alpha value is -1.03. The van der Waals surface area contributed by atoms with Crippen molar-refractivity contribution >= 4 is 6.09 Å². The molecule has 0 aliphatic carbocycles. The van der Waals surface area contributed by atoms with Crippen molar-refractivity contribution in [3.63, 3.8) is 0 Å². The first kappa shape index (κ1) is 11.0. The molecular weight excluding hydrogens is 158 g/mol. The highest BCUT2D eigenvalue weighted by molar-refractivity contribution is 5.67. The minimum absolute atomic E-state index is 0.170. The molecule has 0 aliphatic heterocycles. The van der Waals surface area contributed by atoms with E-state index in [2.05, 4.69) is 16.6 Å². The van der Waals surface area contributed by atoms with Gasteiger partial charge in [-0.2, -0.15) is 0 Å². The van der Waals surface area contributed by atoms with Crippen LogP contribution in [0.2, 0.25) is 0 Å². The average Bonchev–Trinajstić information content (AvgIpc) is 1.95. The molecule has 0 aliphatic rings. The van der Waals surface area contributed by atoms with Gasteiger partial charge in [0.25, 0.3) is 0 Å². The molecule has 1 amide bonds. The van der Waals surface area contributed by atoms with Gasteiger partial charge in [0, 0.05) is 6.54 Å². The zero-order chi connectivity index (χ0) is 9.61. The normalized spacial score (nSPS) is 10.6. The Morgan fingerprint density at radius 1 is 1.75 bits per heavy atom. The number of carbonyl (C=O) groups excluding carboxylic acids is 1. The number of amides is 1. The van der Waals surface area contributed by atoms with Crippen molar-refractivity contribution in [3.05, 3.63) is 12.7 Å². The molecule has 0 heterocycles. The summed E-state index contributed by atoms with van der Waals surface area (Å²) in [5, 5.41) is 11.6. The van der Waals surface area contributed by atoms with Crippen LogP contribution in [0.3, 0.4) is 0 Å². The number of carbonyl (C=O) groups is 1. The van der Waals surface area contributed by atoms with Gasteiger partial charge in [-0.1, -0.05) is 12.7 Å². The highest BCUT2D eigenvalue weighted by Gasteiger charge is 2.13. The lowest BCUT2D eigenvalue weighted by Crippen LogP contribution is -2.38. The van der Waals surface area contributed by atoms with Gasteiger partial charge >= 0.3 is 6.09 Å². The molecule has 0 radical (unpaired) electrons. The Morgan fingerprint density at radius 2 is 2.33 bits per heavy atom. The van der Waals surface area contributed by atoms with Crippen LogP contribution in [0.25, 0.3) is 0 Å². The molecule has 0 atom stereocenters. The lowest BCUT2D eigenvalue weighted by atomic mass is 10.1. The van der Waals surface area contributed by atoms with E-state index < -0.39 is 11.7 Å². The Labute approximate surface area is 72.2 Å². The number of alkyl carbamates (subject to hydrolysis) is 1.